The summed E-state index contributed by atoms with van der Waals surface area (Å²) in [6.45, 7) is 0. The number of thioether (sulfide) groups is 1. The van der Waals surface area contributed by atoms with Gasteiger partial charge in [-0.3, -0.25) is 14.7 Å². The van der Waals surface area contributed by atoms with Crippen LogP contribution in [0.25, 0.3) is 0 Å². The van der Waals surface area contributed by atoms with Crippen LogP contribution < -0.4 is 5.73 Å². The fraction of sp³-hybridized carbons (Fsp3) is 0.308. The highest BCUT2D eigenvalue weighted by Gasteiger charge is 2.51. The van der Waals surface area contributed by atoms with E-state index in [2.05, 4.69) is 4.98 Å². The second-order valence-electron chi connectivity index (χ2n) is 4.69. The third-order valence-corrected chi connectivity index (χ3v) is 4.77. The summed E-state index contributed by atoms with van der Waals surface area (Å²) in [6.07, 6.45) is 2.10. The number of amides is 1. The Kier molecular flexibility index (Phi) is 3.23. The van der Waals surface area contributed by atoms with Crippen LogP contribution in [0.3, 0.4) is 0 Å². The summed E-state index contributed by atoms with van der Waals surface area (Å²) in [7, 11) is 0. The maximum Gasteiger partial charge on any atom is 0.352 e. The van der Waals surface area contributed by atoms with E-state index >= 15 is 0 Å². The van der Waals surface area contributed by atoms with Gasteiger partial charge in [-0.15, -0.1) is 11.8 Å². The molecule has 2 aliphatic heterocycles. The number of aliphatic carboxylic acids is 1. The zero-order valence-corrected chi connectivity index (χ0v) is 11.3. The van der Waals surface area contributed by atoms with E-state index in [1.807, 2.05) is 12.1 Å². The van der Waals surface area contributed by atoms with E-state index in [0.717, 1.165) is 5.69 Å². The molecular formula is C13H13N3O3S. The van der Waals surface area contributed by atoms with Crippen molar-refractivity contribution in [1.82, 2.24) is 9.88 Å². The number of nitrogens with zero attached hydrogens (tertiary/aromatic N) is 2. The minimum Gasteiger partial charge on any atom is -0.477 e. The molecule has 2 aliphatic rings. The highest BCUT2D eigenvalue weighted by molar-refractivity contribution is 8.00. The van der Waals surface area contributed by atoms with E-state index in [1.54, 1.807) is 12.3 Å². The molecule has 1 aromatic rings. The number of carboxylic acids is 1. The van der Waals surface area contributed by atoms with Crippen molar-refractivity contribution < 1.29 is 14.7 Å². The molecule has 6 nitrogen and oxygen atoms in total. The van der Waals surface area contributed by atoms with Crippen LogP contribution in [0.15, 0.2) is 35.7 Å². The highest BCUT2D eigenvalue weighted by atomic mass is 32.2. The standard InChI is InChI=1S/C13H13N3O3S/c14-9-11(17)16-10(13(18)19)7(6-20-12(9)16)5-8-3-1-2-4-15-8/h1-4,9,12H,5-6,14H2,(H,18,19)/t9?,12-/m1/s1. The van der Waals surface area contributed by atoms with Gasteiger partial charge >= 0.3 is 5.97 Å². The van der Waals surface area contributed by atoms with Gasteiger partial charge in [0.1, 0.15) is 17.1 Å². The molecule has 1 aromatic heterocycles. The number of hydrogen-bond acceptors (Lipinski definition) is 5. The fourth-order valence-electron chi connectivity index (χ4n) is 2.44. The maximum absolute atomic E-state index is 11.8. The number of β-lactam (4-membered cyclic amide) rings is 1. The van der Waals surface area contributed by atoms with Crippen LogP contribution in [0, 0.1) is 0 Å². The summed E-state index contributed by atoms with van der Waals surface area (Å²) in [6, 6.07) is 4.91. The molecule has 20 heavy (non-hydrogen) atoms. The molecule has 2 atom stereocenters. The first kappa shape index (κ1) is 13.1. The number of carbonyl (C=O) groups is 2. The SMILES string of the molecule is NC1C(=O)N2C(C(=O)O)=C(Cc3ccccn3)CS[C@H]12. The van der Waals surface area contributed by atoms with Crippen molar-refractivity contribution in [3.8, 4) is 0 Å². The molecule has 1 fully saturated rings. The van der Waals surface area contributed by atoms with E-state index < -0.39 is 12.0 Å². The Hall–Kier alpha value is -1.86. The lowest BCUT2D eigenvalue weighted by molar-refractivity contribution is -0.148. The van der Waals surface area contributed by atoms with Crippen molar-refractivity contribution in [2.75, 3.05) is 5.75 Å². The van der Waals surface area contributed by atoms with Crippen LogP contribution in [0.5, 0.6) is 0 Å². The Morgan fingerprint density at radius 3 is 3.00 bits per heavy atom. The predicted octanol–water partition coefficient (Wildman–Crippen LogP) is 0.205. The first-order valence-corrected chi connectivity index (χ1v) is 7.20. The second-order valence-corrected chi connectivity index (χ2v) is 5.80. The molecular weight excluding hydrogens is 278 g/mol. The molecule has 0 aliphatic carbocycles. The summed E-state index contributed by atoms with van der Waals surface area (Å²) in [5, 5.41) is 9.14. The van der Waals surface area contributed by atoms with Crippen molar-refractivity contribution in [3.63, 3.8) is 0 Å². The number of aromatic nitrogens is 1. The summed E-state index contributed by atoms with van der Waals surface area (Å²) < 4.78 is 0. The predicted molar refractivity (Wildman–Crippen MR) is 73.7 cm³/mol. The molecule has 1 unspecified atom stereocenters. The maximum atomic E-state index is 11.8. The van der Waals surface area contributed by atoms with Gasteiger partial charge in [0.2, 0.25) is 5.91 Å². The number of fused-ring (bicyclic) bond motifs is 1. The molecule has 3 N–H and O–H groups in total. The van der Waals surface area contributed by atoms with Crippen LogP contribution in [-0.4, -0.2) is 44.0 Å². The molecule has 7 heteroatoms. The lowest BCUT2D eigenvalue weighted by Crippen LogP contribution is -2.68. The molecule has 3 heterocycles. The van der Waals surface area contributed by atoms with Gasteiger partial charge in [-0.1, -0.05) is 6.07 Å². The van der Waals surface area contributed by atoms with E-state index in [-0.39, 0.29) is 17.0 Å². The summed E-state index contributed by atoms with van der Waals surface area (Å²) in [5.74, 6) is -0.847. The molecule has 0 spiro atoms. The van der Waals surface area contributed by atoms with Crippen molar-refractivity contribution in [2.45, 2.75) is 17.8 Å². The number of nitrogens with two attached hydrogens (primary N) is 1. The van der Waals surface area contributed by atoms with E-state index in [4.69, 9.17) is 5.73 Å². The minimum absolute atomic E-state index is 0.0751. The van der Waals surface area contributed by atoms with Crippen molar-refractivity contribution >= 4 is 23.6 Å². The van der Waals surface area contributed by atoms with E-state index in [1.165, 1.54) is 16.7 Å². The smallest absolute Gasteiger partial charge is 0.352 e. The van der Waals surface area contributed by atoms with Crippen molar-refractivity contribution in [2.24, 2.45) is 5.73 Å². The fourth-order valence-corrected chi connectivity index (χ4v) is 3.73. The Balaban J connectivity index is 1.94. The van der Waals surface area contributed by atoms with Gasteiger partial charge in [-0.2, -0.15) is 0 Å². The average Bonchev–Trinajstić information content (AvgIpc) is 2.46. The molecule has 1 amide bonds. The Morgan fingerprint density at radius 2 is 2.35 bits per heavy atom. The number of rotatable bonds is 3. The quantitative estimate of drug-likeness (QED) is 0.773. The van der Waals surface area contributed by atoms with Crippen LogP contribution in [-0.2, 0) is 16.0 Å². The Bertz CT molecular complexity index is 602. The lowest BCUT2D eigenvalue weighted by atomic mass is 10.0. The largest absolute Gasteiger partial charge is 0.477 e. The van der Waals surface area contributed by atoms with Gasteiger partial charge in [0, 0.05) is 24.1 Å². The Labute approximate surface area is 119 Å². The molecule has 1 saturated heterocycles. The summed E-state index contributed by atoms with van der Waals surface area (Å²) >= 11 is 1.50. The summed E-state index contributed by atoms with van der Waals surface area (Å²) in [4.78, 5) is 28.8. The number of hydrogen-bond donors (Lipinski definition) is 2. The first-order valence-electron chi connectivity index (χ1n) is 6.15. The lowest BCUT2D eigenvalue weighted by Gasteiger charge is -2.48. The van der Waals surface area contributed by atoms with E-state index in [9.17, 15) is 14.7 Å². The topological polar surface area (TPSA) is 96.5 Å². The monoisotopic (exact) mass is 291 g/mol. The van der Waals surface area contributed by atoms with Crippen LogP contribution >= 0.6 is 11.8 Å². The number of carbonyl (C=O) groups excluding carboxylic acids is 1. The van der Waals surface area contributed by atoms with Crippen LogP contribution in [0.4, 0.5) is 0 Å². The van der Waals surface area contributed by atoms with Gasteiger partial charge in [0.15, 0.2) is 0 Å². The molecule has 104 valence electrons. The van der Waals surface area contributed by atoms with Crippen LogP contribution in [0.2, 0.25) is 0 Å². The Morgan fingerprint density at radius 1 is 1.55 bits per heavy atom. The van der Waals surface area contributed by atoms with Gasteiger partial charge in [0.25, 0.3) is 0 Å². The van der Waals surface area contributed by atoms with E-state index in [0.29, 0.717) is 17.7 Å². The molecule has 0 saturated carbocycles. The van der Waals surface area contributed by atoms with Crippen molar-refractivity contribution in [1.29, 1.82) is 0 Å². The van der Waals surface area contributed by atoms with Gasteiger partial charge < -0.3 is 10.8 Å². The average molecular weight is 291 g/mol. The third-order valence-electron chi connectivity index (χ3n) is 3.41. The van der Waals surface area contributed by atoms with Gasteiger partial charge in [0.05, 0.1) is 0 Å². The number of pyridine rings is 1. The highest BCUT2D eigenvalue weighted by Crippen LogP contribution is 2.40. The normalized spacial score (nSPS) is 25.2. The van der Waals surface area contributed by atoms with Gasteiger partial charge in [-0.25, -0.2) is 4.79 Å². The second kappa shape index (κ2) is 4.92. The zero-order valence-electron chi connectivity index (χ0n) is 10.5. The summed E-state index contributed by atoms with van der Waals surface area (Å²) in [5.41, 5.74) is 7.27. The zero-order chi connectivity index (χ0) is 14.3. The third kappa shape index (κ3) is 1.99. The molecule has 3 rings (SSSR count). The minimum atomic E-state index is -1.08. The van der Waals surface area contributed by atoms with Crippen LogP contribution in [0.1, 0.15) is 5.69 Å². The van der Waals surface area contributed by atoms with Gasteiger partial charge in [-0.05, 0) is 17.7 Å². The first-order chi connectivity index (χ1) is 9.59. The van der Waals surface area contributed by atoms with Crippen molar-refractivity contribution in [3.05, 3.63) is 41.4 Å². The number of carboxylic acid groups (broad SMARTS) is 1. The molecule has 0 radical (unpaired) electrons. The molecule has 0 bridgehead atoms. The molecule has 0 aromatic carbocycles.